The van der Waals surface area contributed by atoms with E-state index in [4.69, 9.17) is 5.11 Å². The molecule has 2 N–H and O–H groups in total. The molecule has 5 heteroatoms. The average Bonchev–Trinajstić information content (AvgIpc) is 2.86. The highest BCUT2D eigenvalue weighted by Crippen LogP contribution is 2.35. The van der Waals surface area contributed by atoms with Gasteiger partial charge in [0.1, 0.15) is 0 Å². The fraction of sp³-hybridized carbons (Fsp3) is 0.867. The molecule has 1 saturated heterocycles. The third-order valence-corrected chi connectivity index (χ3v) is 4.72. The number of rotatable bonds is 5. The van der Waals surface area contributed by atoms with Gasteiger partial charge in [-0.25, -0.2) is 4.79 Å². The molecule has 2 amide bonds. The minimum absolute atomic E-state index is 0.0431. The summed E-state index contributed by atoms with van der Waals surface area (Å²) in [6.07, 6.45) is 6.89. The van der Waals surface area contributed by atoms with E-state index in [0.717, 1.165) is 19.4 Å². The van der Waals surface area contributed by atoms with E-state index < -0.39 is 5.97 Å². The summed E-state index contributed by atoms with van der Waals surface area (Å²) in [7, 11) is 0. The van der Waals surface area contributed by atoms with E-state index in [1.165, 1.54) is 19.3 Å². The summed E-state index contributed by atoms with van der Waals surface area (Å²) in [5.74, 6) is 0.145. The lowest BCUT2D eigenvalue weighted by Gasteiger charge is -2.32. The second-order valence-electron chi connectivity index (χ2n) is 6.32. The number of nitrogens with one attached hydrogen (secondary N) is 1. The van der Waals surface area contributed by atoms with Crippen LogP contribution in [-0.4, -0.2) is 41.1 Å². The SMILES string of the molecule is CC(CCC(=O)O)CNC(=O)N1CCC2CCCCC21. The van der Waals surface area contributed by atoms with Gasteiger partial charge in [0.05, 0.1) is 0 Å². The first-order chi connectivity index (χ1) is 9.58. The van der Waals surface area contributed by atoms with Crippen LogP contribution in [0, 0.1) is 11.8 Å². The number of nitrogens with zero attached hydrogens (tertiary/aromatic N) is 1. The molecule has 5 nitrogen and oxygen atoms in total. The Kier molecular flexibility index (Phi) is 5.26. The number of aliphatic carboxylic acids is 1. The van der Waals surface area contributed by atoms with Gasteiger partial charge in [0.25, 0.3) is 0 Å². The largest absolute Gasteiger partial charge is 0.481 e. The number of urea groups is 1. The predicted molar refractivity (Wildman–Crippen MR) is 76.5 cm³/mol. The molecular formula is C15H26N2O3. The van der Waals surface area contributed by atoms with Crippen LogP contribution in [0.4, 0.5) is 4.79 Å². The molecule has 0 aromatic heterocycles. The van der Waals surface area contributed by atoms with E-state index in [0.29, 0.717) is 24.9 Å². The van der Waals surface area contributed by atoms with Crippen molar-refractivity contribution in [2.45, 2.75) is 57.9 Å². The Hall–Kier alpha value is -1.26. The number of fused-ring (bicyclic) bond motifs is 1. The summed E-state index contributed by atoms with van der Waals surface area (Å²) >= 11 is 0. The lowest BCUT2D eigenvalue weighted by atomic mass is 9.85. The van der Waals surface area contributed by atoms with E-state index in [9.17, 15) is 9.59 Å². The summed E-state index contributed by atoms with van der Waals surface area (Å²) in [5.41, 5.74) is 0. The van der Waals surface area contributed by atoms with Crippen LogP contribution in [0.15, 0.2) is 0 Å². The van der Waals surface area contributed by atoms with Crippen LogP contribution in [0.25, 0.3) is 0 Å². The lowest BCUT2D eigenvalue weighted by molar-refractivity contribution is -0.137. The van der Waals surface area contributed by atoms with Crippen molar-refractivity contribution in [1.82, 2.24) is 10.2 Å². The van der Waals surface area contributed by atoms with Gasteiger partial charge in [-0.2, -0.15) is 0 Å². The highest BCUT2D eigenvalue weighted by atomic mass is 16.4. The lowest BCUT2D eigenvalue weighted by Crippen LogP contribution is -2.46. The summed E-state index contributed by atoms with van der Waals surface area (Å²) in [5, 5.41) is 11.6. The fourth-order valence-corrected chi connectivity index (χ4v) is 3.49. The van der Waals surface area contributed by atoms with Gasteiger partial charge in [0.15, 0.2) is 0 Å². The van der Waals surface area contributed by atoms with Gasteiger partial charge in [0.2, 0.25) is 0 Å². The van der Waals surface area contributed by atoms with Gasteiger partial charge in [-0.3, -0.25) is 4.79 Å². The molecular weight excluding hydrogens is 256 g/mol. The van der Waals surface area contributed by atoms with Gasteiger partial charge in [-0.1, -0.05) is 19.8 Å². The Morgan fingerprint density at radius 2 is 2.05 bits per heavy atom. The van der Waals surface area contributed by atoms with Crippen molar-refractivity contribution in [3.8, 4) is 0 Å². The van der Waals surface area contributed by atoms with Crippen molar-refractivity contribution < 1.29 is 14.7 Å². The molecule has 0 spiro atoms. The first-order valence-electron chi connectivity index (χ1n) is 7.84. The van der Waals surface area contributed by atoms with Crippen molar-refractivity contribution in [2.75, 3.05) is 13.1 Å². The van der Waals surface area contributed by atoms with Crippen molar-refractivity contribution in [3.05, 3.63) is 0 Å². The molecule has 3 unspecified atom stereocenters. The Balaban J connectivity index is 1.73. The maximum atomic E-state index is 12.2. The van der Waals surface area contributed by atoms with Crippen LogP contribution < -0.4 is 5.32 Å². The molecule has 2 fully saturated rings. The number of carboxylic acids is 1. The second kappa shape index (κ2) is 6.95. The minimum atomic E-state index is -0.771. The van der Waals surface area contributed by atoms with Crippen LogP contribution in [0.1, 0.15) is 51.9 Å². The number of carbonyl (C=O) groups is 2. The van der Waals surface area contributed by atoms with Crippen LogP contribution in [0.5, 0.6) is 0 Å². The minimum Gasteiger partial charge on any atom is -0.481 e. The Morgan fingerprint density at radius 3 is 2.80 bits per heavy atom. The van der Waals surface area contributed by atoms with E-state index in [1.807, 2.05) is 11.8 Å². The maximum absolute atomic E-state index is 12.2. The molecule has 20 heavy (non-hydrogen) atoms. The molecule has 1 heterocycles. The van der Waals surface area contributed by atoms with Gasteiger partial charge in [0, 0.05) is 25.6 Å². The Morgan fingerprint density at radius 1 is 1.30 bits per heavy atom. The summed E-state index contributed by atoms with van der Waals surface area (Å²) in [6, 6.07) is 0.486. The third kappa shape index (κ3) is 3.87. The summed E-state index contributed by atoms with van der Waals surface area (Å²) < 4.78 is 0. The van der Waals surface area contributed by atoms with Crippen LogP contribution in [0.2, 0.25) is 0 Å². The highest BCUT2D eigenvalue weighted by Gasteiger charge is 2.38. The number of hydrogen-bond acceptors (Lipinski definition) is 2. The zero-order chi connectivity index (χ0) is 14.5. The standard InChI is InChI=1S/C15H26N2O3/c1-11(6-7-14(18)19)10-16-15(20)17-9-8-12-4-2-3-5-13(12)17/h11-13H,2-10H2,1H3,(H,16,20)(H,18,19). The van der Waals surface area contributed by atoms with E-state index >= 15 is 0 Å². The molecule has 1 saturated carbocycles. The first-order valence-corrected chi connectivity index (χ1v) is 7.84. The van der Waals surface area contributed by atoms with E-state index in [1.54, 1.807) is 0 Å². The molecule has 0 aromatic rings. The van der Waals surface area contributed by atoms with Crippen LogP contribution >= 0.6 is 0 Å². The van der Waals surface area contributed by atoms with Gasteiger partial charge in [-0.05, 0) is 37.5 Å². The monoisotopic (exact) mass is 282 g/mol. The quantitative estimate of drug-likeness (QED) is 0.813. The Labute approximate surface area is 120 Å². The predicted octanol–water partition coefficient (Wildman–Crippen LogP) is 2.46. The summed E-state index contributed by atoms with van der Waals surface area (Å²) in [6.45, 7) is 3.43. The Bertz CT molecular complexity index is 359. The van der Waals surface area contributed by atoms with Crippen molar-refractivity contribution in [2.24, 2.45) is 11.8 Å². The van der Waals surface area contributed by atoms with Crippen molar-refractivity contribution >= 4 is 12.0 Å². The number of amides is 2. The molecule has 1 aliphatic heterocycles. The molecule has 3 atom stereocenters. The van der Waals surface area contributed by atoms with Gasteiger partial charge in [-0.15, -0.1) is 0 Å². The second-order valence-corrected chi connectivity index (χ2v) is 6.32. The number of carboxylic acid groups (broad SMARTS) is 1. The van der Waals surface area contributed by atoms with Gasteiger partial charge >= 0.3 is 12.0 Å². The first kappa shape index (κ1) is 15.1. The maximum Gasteiger partial charge on any atom is 0.317 e. The molecule has 2 rings (SSSR count). The van der Waals surface area contributed by atoms with E-state index in [-0.39, 0.29) is 18.4 Å². The van der Waals surface area contributed by atoms with E-state index in [2.05, 4.69) is 5.32 Å². The number of likely N-dealkylation sites (tertiary alicyclic amines) is 1. The molecule has 114 valence electrons. The highest BCUT2D eigenvalue weighted by molar-refractivity contribution is 5.75. The molecule has 0 radical (unpaired) electrons. The topological polar surface area (TPSA) is 69.6 Å². The fourth-order valence-electron chi connectivity index (χ4n) is 3.49. The molecule has 1 aliphatic carbocycles. The van der Waals surface area contributed by atoms with Crippen LogP contribution in [-0.2, 0) is 4.79 Å². The van der Waals surface area contributed by atoms with Gasteiger partial charge < -0.3 is 15.3 Å². The molecule has 2 aliphatic rings. The molecule has 0 aromatic carbocycles. The smallest absolute Gasteiger partial charge is 0.317 e. The normalized spacial score (nSPS) is 26.9. The number of carbonyl (C=O) groups excluding carboxylic acids is 1. The van der Waals surface area contributed by atoms with Crippen molar-refractivity contribution in [3.63, 3.8) is 0 Å². The van der Waals surface area contributed by atoms with Crippen LogP contribution in [0.3, 0.4) is 0 Å². The average molecular weight is 282 g/mol. The van der Waals surface area contributed by atoms with Crippen molar-refractivity contribution in [1.29, 1.82) is 0 Å². The zero-order valence-electron chi connectivity index (χ0n) is 12.3. The molecule has 0 bridgehead atoms. The third-order valence-electron chi connectivity index (χ3n) is 4.72. The number of hydrogen-bond donors (Lipinski definition) is 2. The summed E-state index contributed by atoms with van der Waals surface area (Å²) in [4.78, 5) is 24.8. The zero-order valence-corrected chi connectivity index (χ0v) is 12.3.